The Labute approximate surface area is 117 Å². The molecule has 0 aromatic heterocycles. The molecule has 1 aromatic carbocycles. The normalized spacial score (nSPS) is 23.9. The van der Waals surface area contributed by atoms with Crippen LogP contribution >= 0.6 is 0 Å². The van der Waals surface area contributed by atoms with Crippen LogP contribution in [-0.4, -0.2) is 23.5 Å². The molecule has 0 bridgehead atoms. The second kappa shape index (κ2) is 5.12. The largest absolute Gasteiger partial charge is 0.481 e. The van der Waals surface area contributed by atoms with Crippen LogP contribution in [0.3, 0.4) is 0 Å². The van der Waals surface area contributed by atoms with E-state index < -0.39 is 11.9 Å². The Bertz CT molecular complexity index is 579. The van der Waals surface area contributed by atoms with E-state index in [1.54, 1.807) is 11.0 Å². The lowest BCUT2D eigenvalue weighted by atomic mass is 10.0. The van der Waals surface area contributed by atoms with Crippen molar-refractivity contribution in [1.82, 2.24) is 0 Å². The first kappa shape index (κ1) is 12.9. The molecule has 2 atom stereocenters. The Morgan fingerprint density at radius 1 is 1.30 bits per heavy atom. The van der Waals surface area contributed by atoms with E-state index in [4.69, 9.17) is 0 Å². The number of aliphatic carboxylic acids is 1. The second-order valence-corrected chi connectivity index (χ2v) is 5.42. The topological polar surface area (TPSA) is 57.6 Å². The number of hydrogen-bond donors (Lipinski definition) is 1. The summed E-state index contributed by atoms with van der Waals surface area (Å²) in [4.78, 5) is 25.4. The first-order chi connectivity index (χ1) is 9.66. The number of fused-ring (bicyclic) bond motifs is 1. The molecule has 4 heteroatoms. The van der Waals surface area contributed by atoms with Crippen molar-refractivity contribution >= 4 is 17.6 Å². The van der Waals surface area contributed by atoms with E-state index in [9.17, 15) is 14.7 Å². The minimum Gasteiger partial charge on any atom is -0.481 e. The molecule has 4 nitrogen and oxygen atoms in total. The lowest BCUT2D eigenvalue weighted by molar-refractivity contribution is -0.138. The van der Waals surface area contributed by atoms with Crippen LogP contribution in [0.5, 0.6) is 0 Å². The third-order valence-corrected chi connectivity index (χ3v) is 4.12. The number of allylic oxidation sites excluding steroid dienone is 2. The molecular formula is C16H17NO3. The number of carboxylic acid groups (broad SMARTS) is 1. The van der Waals surface area contributed by atoms with Gasteiger partial charge in [-0.25, -0.2) is 0 Å². The molecule has 2 unspecified atom stereocenters. The van der Waals surface area contributed by atoms with Gasteiger partial charge in [0, 0.05) is 18.7 Å². The highest BCUT2D eigenvalue weighted by Gasteiger charge is 2.36. The third-order valence-electron chi connectivity index (χ3n) is 4.12. The number of carboxylic acids is 1. The minimum absolute atomic E-state index is 0.0257. The standard InChI is InChI=1S/C16H17NO3/c18-15(9-11-5-1-2-6-11)17-10-13(16(19)20)12-7-3-4-8-14(12)17/h1,3-5,7-8,11,13H,2,6,9-10H2,(H,19,20). The lowest BCUT2D eigenvalue weighted by Gasteiger charge is -2.19. The molecule has 0 saturated carbocycles. The van der Waals surface area contributed by atoms with Gasteiger partial charge in [-0.15, -0.1) is 0 Å². The van der Waals surface area contributed by atoms with E-state index in [1.165, 1.54) is 0 Å². The summed E-state index contributed by atoms with van der Waals surface area (Å²) in [6, 6.07) is 7.30. The van der Waals surface area contributed by atoms with Gasteiger partial charge in [-0.1, -0.05) is 30.4 Å². The van der Waals surface area contributed by atoms with E-state index in [1.807, 2.05) is 18.2 Å². The van der Waals surface area contributed by atoms with Gasteiger partial charge in [-0.3, -0.25) is 9.59 Å². The summed E-state index contributed by atoms with van der Waals surface area (Å²) in [6.07, 6.45) is 6.72. The lowest BCUT2D eigenvalue weighted by Crippen LogP contribution is -2.32. The van der Waals surface area contributed by atoms with Gasteiger partial charge >= 0.3 is 5.97 Å². The van der Waals surface area contributed by atoms with Crippen LogP contribution < -0.4 is 4.90 Å². The smallest absolute Gasteiger partial charge is 0.312 e. The second-order valence-electron chi connectivity index (χ2n) is 5.42. The van der Waals surface area contributed by atoms with Gasteiger partial charge in [0.25, 0.3) is 0 Å². The molecule has 104 valence electrons. The molecule has 1 amide bonds. The third kappa shape index (κ3) is 2.22. The van der Waals surface area contributed by atoms with Crippen molar-refractivity contribution in [2.75, 3.05) is 11.4 Å². The Morgan fingerprint density at radius 2 is 2.10 bits per heavy atom. The fourth-order valence-corrected chi connectivity index (χ4v) is 3.05. The number of carbonyl (C=O) groups excluding carboxylic acids is 1. The van der Waals surface area contributed by atoms with E-state index in [-0.39, 0.29) is 12.5 Å². The molecule has 1 aromatic rings. The highest BCUT2D eigenvalue weighted by atomic mass is 16.4. The van der Waals surface area contributed by atoms with E-state index in [0.29, 0.717) is 12.3 Å². The summed E-state index contributed by atoms with van der Waals surface area (Å²) < 4.78 is 0. The van der Waals surface area contributed by atoms with Gasteiger partial charge in [-0.2, -0.15) is 0 Å². The van der Waals surface area contributed by atoms with Crippen molar-refractivity contribution < 1.29 is 14.7 Å². The molecule has 1 aliphatic carbocycles. The zero-order chi connectivity index (χ0) is 14.1. The molecule has 0 saturated heterocycles. The monoisotopic (exact) mass is 271 g/mol. The van der Waals surface area contributed by atoms with Gasteiger partial charge in [0.2, 0.25) is 5.91 Å². The Kier molecular flexibility index (Phi) is 3.30. The van der Waals surface area contributed by atoms with Crippen LogP contribution in [0.25, 0.3) is 0 Å². The summed E-state index contributed by atoms with van der Waals surface area (Å²) in [5, 5.41) is 9.29. The highest BCUT2D eigenvalue weighted by molar-refractivity contribution is 5.99. The van der Waals surface area contributed by atoms with E-state index in [2.05, 4.69) is 12.2 Å². The quantitative estimate of drug-likeness (QED) is 0.859. The molecule has 1 aliphatic heterocycles. The van der Waals surface area contributed by atoms with Gasteiger partial charge in [0.15, 0.2) is 0 Å². The fourth-order valence-electron chi connectivity index (χ4n) is 3.05. The highest BCUT2D eigenvalue weighted by Crippen LogP contribution is 2.37. The Balaban J connectivity index is 1.82. The van der Waals surface area contributed by atoms with Gasteiger partial charge in [0.1, 0.15) is 5.92 Å². The molecule has 0 radical (unpaired) electrons. The molecule has 2 aliphatic rings. The summed E-state index contributed by atoms with van der Waals surface area (Å²) >= 11 is 0. The van der Waals surface area contributed by atoms with Crippen molar-refractivity contribution in [3.63, 3.8) is 0 Å². The van der Waals surface area contributed by atoms with Crippen molar-refractivity contribution in [2.45, 2.75) is 25.2 Å². The van der Waals surface area contributed by atoms with Gasteiger partial charge in [-0.05, 0) is 30.4 Å². The predicted octanol–water partition coefficient (Wildman–Crippen LogP) is 2.56. The molecular weight excluding hydrogens is 254 g/mol. The van der Waals surface area contributed by atoms with Gasteiger partial charge < -0.3 is 10.0 Å². The molecule has 3 rings (SSSR count). The number of nitrogens with zero attached hydrogens (tertiary/aromatic N) is 1. The number of para-hydroxylation sites is 1. The number of benzene rings is 1. The Hall–Kier alpha value is -2.10. The van der Waals surface area contributed by atoms with E-state index in [0.717, 1.165) is 24.1 Å². The van der Waals surface area contributed by atoms with Crippen LogP contribution in [-0.2, 0) is 9.59 Å². The van der Waals surface area contributed by atoms with Crippen molar-refractivity contribution in [3.8, 4) is 0 Å². The van der Waals surface area contributed by atoms with E-state index >= 15 is 0 Å². The van der Waals surface area contributed by atoms with Crippen LogP contribution in [0.4, 0.5) is 5.69 Å². The van der Waals surface area contributed by atoms with Crippen LogP contribution in [0.15, 0.2) is 36.4 Å². The molecule has 0 spiro atoms. The summed E-state index contributed by atoms with van der Waals surface area (Å²) in [6.45, 7) is 0.254. The molecule has 0 fully saturated rings. The molecule has 1 N–H and O–H groups in total. The predicted molar refractivity (Wildman–Crippen MR) is 75.7 cm³/mol. The van der Waals surface area contributed by atoms with Crippen LogP contribution in [0.1, 0.15) is 30.7 Å². The number of amides is 1. The number of anilines is 1. The minimum atomic E-state index is -0.867. The van der Waals surface area contributed by atoms with Crippen molar-refractivity contribution in [3.05, 3.63) is 42.0 Å². The number of carbonyl (C=O) groups is 2. The Morgan fingerprint density at radius 3 is 2.80 bits per heavy atom. The average Bonchev–Trinajstić information content (AvgIpc) is 3.05. The number of rotatable bonds is 3. The molecule has 20 heavy (non-hydrogen) atoms. The fraction of sp³-hybridized carbons (Fsp3) is 0.375. The first-order valence-electron chi connectivity index (χ1n) is 6.95. The summed E-state index contributed by atoms with van der Waals surface area (Å²) in [5.41, 5.74) is 1.50. The van der Waals surface area contributed by atoms with Crippen molar-refractivity contribution in [1.29, 1.82) is 0 Å². The maximum absolute atomic E-state index is 12.4. The summed E-state index contributed by atoms with van der Waals surface area (Å²) in [7, 11) is 0. The SMILES string of the molecule is O=C(O)C1CN(C(=O)CC2C=CCC2)c2ccccc21. The molecule has 1 heterocycles. The first-order valence-corrected chi connectivity index (χ1v) is 6.95. The van der Waals surface area contributed by atoms with Crippen LogP contribution in [0.2, 0.25) is 0 Å². The van der Waals surface area contributed by atoms with Gasteiger partial charge in [0.05, 0.1) is 0 Å². The van der Waals surface area contributed by atoms with Crippen LogP contribution in [0, 0.1) is 5.92 Å². The average molecular weight is 271 g/mol. The summed E-state index contributed by atoms with van der Waals surface area (Å²) in [5.74, 6) is -1.14. The maximum atomic E-state index is 12.4. The zero-order valence-corrected chi connectivity index (χ0v) is 11.2. The maximum Gasteiger partial charge on any atom is 0.312 e. The number of hydrogen-bond acceptors (Lipinski definition) is 2. The zero-order valence-electron chi connectivity index (χ0n) is 11.2. The van der Waals surface area contributed by atoms with Crippen molar-refractivity contribution in [2.24, 2.45) is 5.92 Å².